The van der Waals surface area contributed by atoms with Crippen molar-refractivity contribution in [3.8, 4) is 10.7 Å². The predicted molar refractivity (Wildman–Crippen MR) is 108 cm³/mol. The maximum atomic E-state index is 12.4. The highest BCUT2D eigenvalue weighted by Gasteiger charge is 2.20. The Morgan fingerprint density at radius 1 is 1.31 bits per heavy atom. The minimum atomic E-state index is -0.289. The Kier molecular flexibility index (Phi) is 6.34. The van der Waals surface area contributed by atoms with Crippen LogP contribution in [0.1, 0.15) is 19.4 Å². The van der Waals surface area contributed by atoms with Crippen molar-refractivity contribution in [2.24, 2.45) is 0 Å². The highest BCUT2D eigenvalue weighted by molar-refractivity contribution is 8.00. The van der Waals surface area contributed by atoms with Crippen LogP contribution in [0.15, 0.2) is 46.9 Å². The van der Waals surface area contributed by atoms with Gasteiger partial charge in [-0.15, -0.1) is 21.5 Å². The number of nitrogens with zero attached hydrogens (tertiary/aromatic N) is 3. The summed E-state index contributed by atoms with van der Waals surface area (Å²) in [5.74, 6) is 0.784. The van der Waals surface area contributed by atoms with Crippen LogP contribution in [0, 0.1) is 0 Å². The summed E-state index contributed by atoms with van der Waals surface area (Å²) in [6.07, 6.45) is 0. The Hall–Kier alpha value is -1.83. The average molecular weight is 407 g/mol. The molecule has 1 N–H and O–H groups in total. The molecule has 136 valence electrons. The van der Waals surface area contributed by atoms with Crippen molar-refractivity contribution in [1.82, 2.24) is 20.1 Å². The number of hydrogen-bond donors (Lipinski definition) is 1. The molecule has 2 aromatic heterocycles. The van der Waals surface area contributed by atoms with Crippen LogP contribution in [-0.4, -0.2) is 25.9 Å². The maximum Gasteiger partial charge on any atom is 0.233 e. The quantitative estimate of drug-likeness (QED) is 0.588. The van der Waals surface area contributed by atoms with Gasteiger partial charge in [-0.1, -0.05) is 47.6 Å². The lowest BCUT2D eigenvalue weighted by molar-refractivity contribution is -0.120. The fourth-order valence-corrected chi connectivity index (χ4v) is 4.29. The van der Waals surface area contributed by atoms with Crippen molar-refractivity contribution >= 4 is 40.6 Å². The molecule has 5 nitrogen and oxygen atoms in total. The van der Waals surface area contributed by atoms with Gasteiger partial charge in [0.2, 0.25) is 5.91 Å². The van der Waals surface area contributed by atoms with Gasteiger partial charge in [-0.25, -0.2) is 0 Å². The number of thiophene rings is 1. The summed E-state index contributed by atoms with van der Waals surface area (Å²) in [5.41, 5.74) is 0.899. The number of rotatable bonds is 7. The second-order valence-electron chi connectivity index (χ2n) is 5.60. The van der Waals surface area contributed by atoms with Crippen molar-refractivity contribution in [3.05, 3.63) is 52.4 Å². The number of carbonyl (C=O) groups is 1. The SMILES string of the molecule is CCn1c(S[C@@H](C)C(=O)NCc2ccccc2Cl)nnc1-c1cccs1. The van der Waals surface area contributed by atoms with Crippen LogP contribution in [0.4, 0.5) is 0 Å². The number of benzene rings is 1. The van der Waals surface area contributed by atoms with Gasteiger partial charge < -0.3 is 9.88 Å². The van der Waals surface area contributed by atoms with E-state index in [2.05, 4.69) is 15.5 Å². The molecule has 0 fully saturated rings. The number of nitrogens with one attached hydrogen (secondary N) is 1. The topological polar surface area (TPSA) is 59.8 Å². The predicted octanol–water partition coefficient (Wildman–Crippen LogP) is 4.48. The van der Waals surface area contributed by atoms with E-state index in [0.29, 0.717) is 11.6 Å². The van der Waals surface area contributed by atoms with Gasteiger partial charge in [-0.2, -0.15) is 0 Å². The zero-order valence-electron chi connectivity index (χ0n) is 14.5. The summed E-state index contributed by atoms with van der Waals surface area (Å²) in [4.78, 5) is 13.5. The van der Waals surface area contributed by atoms with E-state index in [0.717, 1.165) is 28.0 Å². The molecule has 0 saturated carbocycles. The van der Waals surface area contributed by atoms with Crippen molar-refractivity contribution in [2.75, 3.05) is 0 Å². The Balaban J connectivity index is 1.65. The number of amides is 1. The monoisotopic (exact) mass is 406 g/mol. The third kappa shape index (κ3) is 4.28. The van der Waals surface area contributed by atoms with Crippen molar-refractivity contribution < 1.29 is 4.79 Å². The van der Waals surface area contributed by atoms with Gasteiger partial charge in [-0.05, 0) is 36.9 Å². The van der Waals surface area contributed by atoms with Gasteiger partial charge in [0.1, 0.15) is 0 Å². The normalized spacial score (nSPS) is 12.1. The molecule has 1 atom stereocenters. The second kappa shape index (κ2) is 8.70. The lowest BCUT2D eigenvalue weighted by Gasteiger charge is -2.13. The van der Waals surface area contributed by atoms with Crippen LogP contribution in [0.25, 0.3) is 10.7 Å². The first-order valence-corrected chi connectivity index (χ1v) is 10.4. The molecule has 0 unspecified atom stereocenters. The minimum absolute atomic E-state index is 0.0572. The lowest BCUT2D eigenvalue weighted by atomic mass is 10.2. The zero-order valence-corrected chi connectivity index (χ0v) is 16.9. The van der Waals surface area contributed by atoms with Crippen LogP contribution in [0.2, 0.25) is 5.02 Å². The molecule has 1 amide bonds. The molecular weight excluding hydrogens is 388 g/mol. The molecule has 0 bridgehead atoms. The van der Waals surface area contributed by atoms with Gasteiger partial charge >= 0.3 is 0 Å². The second-order valence-corrected chi connectivity index (χ2v) is 8.26. The molecule has 1 aromatic carbocycles. The molecule has 0 spiro atoms. The highest BCUT2D eigenvalue weighted by atomic mass is 35.5. The smallest absolute Gasteiger partial charge is 0.233 e. The van der Waals surface area contributed by atoms with Crippen LogP contribution >= 0.6 is 34.7 Å². The highest BCUT2D eigenvalue weighted by Crippen LogP contribution is 2.29. The van der Waals surface area contributed by atoms with Crippen LogP contribution in [-0.2, 0) is 17.9 Å². The van der Waals surface area contributed by atoms with Gasteiger partial charge in [-0.3, -0.25) is 4.79 Å². The number of carbonyl (C=O) groups excluding carboxylic acids is 1. The van der Waals surface area contributed by atoms with Gasteiger partial charge in [0.15, 0.2) is 11.0 Å². The third-order valence-electron chi connectivity index (χ3n) is 3.84. The molecule has 0 aliphatic carbocycles. The molecule has 3 rings (SSSR count). The average Bonchev–Trinajstić information content (AvgIpc) is 3.29. The molecule has 0 aliphatic heterocycles. The number of thioether (sulfide) groups is 1. The van der Waals surface area contributed by atoms with Crippen LogP contribution < -0.4 is 5.32 Å². The molecule has 0 aliphatic rings. The van der Waals surface area contributed by atoms with E-state index in [1.807, 2.05) is 60.2 Å². The fraction of sp³-hybridized carbons (Fsp3) is 0.278. The van der Waals surface area contributed by atoms with Crippen molar-refractivity contribution in [1.29, 1.82) is 0 Å². The van der Waals surface area contributed by atoms with Crippen molar-refractivity contribution in [2.45, 2.75) is 37.3 Å². The molecule has 3 aromatic rings. The Bertz CT molecular complexity index is 879. The zero-order chi connectivity index (χ0) is 18.5. The number of aromatic nitrogens is 3. The van der Waals surface area contributed by atoms with Gasteiger partial charge in [0.25, 0.3) is 0 Å². The maximum absolute atomic E-state index is 12.4. The van der Waals surface area contributed by atoms with E-state index >= 15 is 0 Å². The Morgan fingerprint density at radius 2 is 2.12 bits per heavy atom. The summed E-state index contributed by atoms with van der Waals surface area (Å²) in [6.45, 7) is 5.07. The molecule has 26 heavy (non-hydrogen) atoms. The molecule has 2 heterocycles. The first kappa shape index (κ1) is 18.9. The minimum Gasteiger partial charge on any atom is -0.351 e. The number of halogens is 1. The summed E-state index contributed by atoms with van der Waals surface area (Å²) in [6, 6.07) is 11.5. The Morgan fingerprint density at radius 3 is 2.81 bits per heavy atom. The van der Waals surface area contributed by atoms with Gasteiger partial charge in [0, 0.05) is 18.1 Å². The van der Waals surface area contributed by atoms with Crippen LogP contribution in [0.5, 0.6) is 0 Å². The summed E-state index contributed by atoms with van der Waals surface area (Å²) < 4.78 is 2.04. The van der Waals surface area contributed by atoms with E-state index < -0.39 is 0 Å². The van der Waals surface area contributed by atoms with Gasteiger partial charge in [0.05, 0.1) is 10.1 Å². The summed E-state index contributed by atoms with van der Waals surface area (Å²) >= 11 is 9.17. The fourth-order valence-electron chi connectivity index (χ4n) is 2.43. The first-order chi connectivity index (χ1) is 12.6. The first-order valence-electron chi connectivity index (χ1n) is 8.25. The Labute approximate surface area is 165 Å². The van der Waals surface area contributed by atoms with E-state index in [1.165, 1.54) is 11.8 Å². The molecule has 8 heteroatoms. The molecular formula is C18H19ClN4OS2. The summed E-state index contributed by atoms with van der Waals surface area (Å²) in [7, 11) is 0. The van der Waals surface area contributed by atoms with E-state index in [9.17, 15) is 4.79 Å². The molecule has 0 radical (unpaired) electrons. The van der Waals surface area contributed by atoms with E-state index in [4.69, 9.17) is 11.6 Å². The van der Waals surface area contributed by atoms with E-state index in [1.54, 1.807) is 11.3 Å². The van der Waals surface area contributed by atoms with Crippen LogP contribution in [0.3, 0.4) is 0 Å². The summed E-state index contributed by atoms with van der Waals surface area (Å²) in [5, 5.41) is 14.6. The third-order valence-corrected chi connectivity index (χ3v) is 6.15. The standard InChI is InChI=1S/C18H19ClN4OS2/c1-3-23-16(15-9-6-10-25-15)21-22-18(23)26-12(2)17(24)20-11-13-7-4-5-8-14(13)19/h4-10,12H,3,11H2,1-2H3,(H,20,24)/t12-/m0/s1. The van der Waals surface area contributed by atoms with E-state index in [-0.39, 0.29) is 11.2 Å². The lowest BCUT2D eigenvalue weighted by Crippen LogP contribution is -2.30. The number of hydrogen-bond acceptors (Lipinski definition) is 5. The largest absolute Gasteiger partial charge is 0.351 e. The van der Waals surface area contributed by atoms with Crippen molar-refractivity contribution in [3.63, 3.8) is 0 Å². The molecule has 0 saturated heterocycles.